The van der Waals surface area contributed by atoms with Crippen molar-refractivity contribution in [2.24, 2.45) is 0 Å². The van der Waals surface area contributed by atoms with Gasteiger partial charge in [-0.05, 0) is 50.3 Å². The molecule has 32 heavy (non-hydrogen) atoms. The van der Waals surface area contributed by atoms with E-state index < -0.39 is 0 Å². The van der Waals surface area contributed by atoms with Gasteiger partial charge in [-0.2, -0.15) is 0 Å². The average molecular weight is 422 g/mol. The first kappa shape index (κ1) is 18.0. The average Bonchev–Trinajstić information content (AvgIpc) is 3.37. The van der Waals surface area contributed by atoms with Crippen molar-refractivity contribution in [2.45, 2.75) is 45.6 Å². The molecule has 7 rings (SSSR count). The number of nitrogens with zero attached hydrogens (tertiary/aromatic N) is 1. The molecule has 2 N–H and O–H groups in total. The second-order valence-corrected chi connectivity index (χ2v) is 10.1. The first-order valence-corrected chi connectivity index (χ1v) is 11.2. The van der Waals surface area contributed by atoms with E-state index in [1.54, 1.807) is 0 Å². The molecule has 0 radical (unpaired) electrons. The van der Waals surface area contributed by atoms with Gasteiger partial charge in [0.2, 0.25) is 0 Å². The Balaban J connectivity index is 1.92. The fourth-order valence-electron chi connectivity index (χ4n) is 6.55. The number of imide groups is 1. The van der Waals surface area contributed by atoms with Crippen LogP contribution in [0, 0.1) is 6.92 Å². The Kier molecular flexibility index (Phi) is 3.05. The summed E-state index contributed by atoms with van der Waals surface area (Å²) in [6, 6.07) is 12.4. The predicted molar refractivity (Wildman–Crippen MR) is 128 cm³/mol. The fraction of sp³-hybridized carbons (Fsp3) is 0.259. The largest absolute Gasteiger partial charge is 0.353 e. The molecule has 2 aliphatic rings. The number of para-hydroxylation sites is 1. The predicted octanol–water partition coefficient (Wildman–Crippen LogP) is 5.86. The highest BCUT2D eigenvalue weighted by Crippen LogP contribution is 2.51. The number of fused-ring (bicyclic) bond motifs is 10. The van der Waals surface area contributed by atoms with E-state index >= 15 is 0 Å². The molecule has 1 unspecified atom stereocenters. The Morgan fingerprint density at radius 2 is 1.66 bits per heavy atom. The van der Waals surface area contributed by atoms with E-state index in [1.165, 1.54) is 11.1 Å². The van der Waals surface area contributed by atoms with Crippen molar-refractivity contribution in [1.29, 1.82) is 0 Å². The molecule has 2 aliphatic heterocycles. The normalized spacial score (nSPS) is 19.4. The molecule has 2 aromatic heterocycles. The first-order chi connectivity index (χ1) is 15.3. The molecule has 0 spiro atoms. The summed E-state index contributed by atoms with van der Waals surface area (Å²) in [6.45, 7) is 8.94. The maximum Gasteiger partial charge on any atom is 0.259 e. The van der Waals surface area contributed by atoms with E-state index in [-0.39, 0.29) is 17.4 Å². The summed E-state index contributed by atoms with van der Waals surface area (Å²) in [4.78, 5) is 29.9. The summed E-state index contributed by atoms with van der Waals surface area (Å²) in [6.07, 6.45) is 1.01. The van der Waals surface area contributed by atoms with Gasteiger partial charge in [0.1, 0.15) is 0 Å². The van der Waals surface area contributed by atoms with E-state index in [9.17, 15) is 9.59 Å². The Bertz CT molecular complexity index is 1710. The molecule has 0 fully saturated rings. The highest BCUT2D eigenvalue weighted by atomic mass is 16.2. The second kappa shape index (κ2) is 5.41. The third-order valence-corrected chi connectivity index (χ3v) is 7.67. The van der Waals surface area contributed by atoms with E-state index in [1.807, 2.05) is 24.3 Å². The van der Waals surface area contributed by atoms with Crippen LogP contribution in [0.3, 0.4) is 0 Å². The van der Waals surface area contributed by atoms with Crippen molar-refractivity contribution in [3.05, 3.63) is 58.7 Å². The highest BCUT2D eigenvalue weighted by molar-refractivity contribution is 6.39. The van der Waals surface area contributed by atoms with Crippen LogP contribution in [0.25, 0.3) is 43.6 Å². The molecule has 158 valence electrons. The zero-order valence-electron chi connectivity index (χ0n) is 18.5. The minimum atomic E-state index is -0.307. The third kappa shape index (κ3) is 1.87. The Labute approximate surface area is 184 Å². The minimum Gasteiger partial charge on any atom is -0.353 e. The standard InChI is InChI=1S/C27H23N3O2/c1-12-9-10-14-13(2)11-27(3,4)30-23(14)17(12)19-21-20(25(31)29-26(21)32)18-15-7-5-6-8-16(15)28-22(18)24(19)30/h5-10,13,28H,11H2,1-4H3,(H,29,31,32). The van der Waals surface area contributed by atoms with Gasteiger partial charge in [0.05, 0.1) is 27.7 Å². The summed E-state index contributed by atoms with van der Waals surface area (Å²) in [5.74, 6) is -0.193. The maximum atomic E-state index is 13.2. The van der Waals surface area contributed by atoms with Crippen LogP contribution in [-0.2, 0) is 5.54 Å². The van der Waals surface area contributed by atoms with Crippen molar-refractivity contribution in [3.8, 4) is 0 Å². The van der Waals surface area contributed by atoms with Gasteiger partial charge in [-0.25, -0.2) is 0 Å². The van der Waals surface area contributed by atoms with Gasteiger partial charge in [-0.3, -0.25) is 14.9 Å². The number of aromatic nitrogens is 2. The smallest absolute Gasteiger partial charge is 0.259 e. The van der Waals surface area contributed by atoms with Gasteiger partial charge >= 0.3 is 0 Å². The number of aromatic amines is 1. The molecule has 5 aromatic rings. The van der Waals surface area contributed by atoms with Gasteiger partial charge in [-0.15, -0.1) is 0 Å². The van der Waals surface area contributed by atoms with Crippen molar-refractivity contribution < 1.29 is 9.59 Å². The van der Waals surface area contributed by atoms with E-state index in [0.29, 0.717) is 17.0 Å². The molecule has 0 saturated heterocycles. The van der Waals surface area contributed by atoms with Crippen LogP contribution in [0.4, 0.5) is 0 Å². The van der Waals surface area contributed by atoms with E-state index in [2.05, 4.69) is 54.7 Å². The lowest BCUT2D eigenvalue weighted by molar-refractivity contribution is 0.0880. The molecular formula is C27H23N3O2. The summed E-state index contributed by atoms with van der Waals surface area (Å²) >= 11 is 0. The number of hydrogen-bond donors (Lipinski definition) is 2. The van der Waals surface area contributed by atoms with Crippen molar-refractivity contribution >= 4 is 55.4 Å². The number of H-pyrrole nitrogens is 1. The van der Waals surface area contributed by atoms with E-state index in [4.69, 9.17) is 0 Å². The number of carbonyl (C=O) groups is 2. The van der Waals surface area contributed by atoms with Crippen LogP contribution in [0.2, 0.25) is 0 Å². The number of nitrogens with one attached hydrogen (secondary N) is 2. The zero-order valence-corrected chi connectivity index (χ0v) is 18.5. The Hall–Kier alpha value is -3.60. The van der Waals surface area contributed by atoms with Crippen LogP contribution in [-0.4, -0.2) is 21.4 Å². The lowest BCUT2D eigenvalue weighted by Crippen LogP contribution is -2.31. The monoisotopic (exact) mass is 421 g/mol. The molecule has 0 aliphatic carbocycles. The second-order valence-electron chi connectivity index (χ2n) is 10.1. The van der Waals surface area contributed by atoms with Crippen LogP contribution in [0.1, 0.15) is 65.0 Å². The van der Waals surface area contributed by atoms with Crippen LogP contribution in [0.15, 0.2) is 36.4 Å². The zero-order chi connectivity index (χ0) is 22.1. The number of aryl methyl sites for hydroxylation is 1. The minimum absolute atomic E-state index is 0.141. The third-order valence-electron chi connectivity index (χ3n) is 7.67. The van der Waals surface area contributed by atoms with Gasteiger partial charge in [-0.1, -0.05) is 37.3 Å². The molecule has 2 amide bonds. The topological polar surface area (TPSA) is 66.9 Å². The highest BCUT2D eigenvalue weighted by Gasteiger charge is 2.40. The Morgan fingerprint density at radius 3 is 2.44 bits per heavy atom. The maximum absolute atomic E-state index is 13.2. The molecule has 0 saturated carbocycles. The number of carbonyl (C=O) groups excluding carboxylic acids is 2. The molecular weight excluding hydrogens is 398 g/mol. The number of rotatable bonds is 0. The Morgan fingerprint density at radius 1 is 0.938 bits per heavy atom. The molecule has 0 bridgehead atoms. The SMILES string of the molecule is Cc1ccc2c3c1c1c4c(c5c6ccccc6[nH]c5c1n3C(C)(C)CC2C)C(=O)NC4=O. The van der Waals surface area contributed by atoms with Crippen molar-refractivity contribution in [3.63, 3.8) is 0 Å². The lowest BCUT2D eigenvalue weighted by Gasteiger charge is -2.37. The molecule has 3 aromatic carbocycles. The molecule has 4 heterocycles. The number of amides is 2. The van der Waals surface area contributed by atoms with Crippen LogP contribution in [0.5, 0.6) is 0 Å². The molecule has 1 atom stereocenters. The van der Waals surface area contributed by atoms with Gasteiger partial charge in [0, 0.05) is 32.6 Å². The number of hydrogen-bond acceptors (Lipinski definition) is 2. The summed E-state index contributed by atoms with van der Waals surface area (Å²) in [5, 5.41) is 6.41. The van der Waals surface area contributed by atoms with Crippen LogP contribution < -0.4 is 5.32 Å². The summed E-state index contributed by atoms with van der Waals surface area (Å²) < 4.78 is 2.44. The quantitative estimate of drug-likeness (QED) is 0.307. The lowest BCUT2D eigenvalue weighted by atomic mass is 9.82. The number of benzene rings is 3. The summed E-state index contributed by atoms with van der Waals surface area (Å²) in [5.41, 5.74) is 7.46. The van der Waals surface area contributed by atoms with E-state index in [0.717, 1.165) is 50.1 Å². The van der Waals surface area contributed by atoms with Gasteiger partial charge in [0.15, 0.2) is 0 Å². The van der Waals surface area contributed by atoms with Crippen LogP contribution >= 0.6 is 0 Å². The molecule has 5 heteroatoms. The summed E-state index contributed by atoms with van der Waals surface area (Å²) in [7, 11) is 0. The van der Waals surface area contributed by atoms with Crippen molar-refractivity contribution in [1.82, 2.24) is 14.9 Å². The van der Waals surface area contributed by atoms with Crippen molar-refractivity contribution in [2.75, 3.05) is 0 Å². The van der Waals surface area contributed by atoms with Gasteiger partial charge in [0.25, 0.3) is 11.8 Å². The first-order valence-electron chi connectivity index (χ1n) is 11.2. The fourth-order valence-corrected chi connectivity index (χ4v) is 6.55. The molecule has 5 nitrogen and oxygen atoms in total. The van der Waals surface area contributed by atoms with Gasteiger partial charge < -0.3 is 9.55 Å².